The van der Waals surface area contributed by atoms with Gasteiger partial charge in [0.2, 0.25) is 0 Å². The Morgan fingerprint density at radius 2 is 1.13 bits per heavy atom. The van der Waals surface area contributed by atoms with E-state index >= 15 is 0 Å². The maximum atomic E-state index is 10.2. The molecule has 1 nitrogen and oxygen atoms in total. The van der Waals surface area contributed by atoms with Gasteiger partial charge in [-0.2, -0.15) is 0 Å². The van der Waals surface area contributed by atoms with Crippen molar-refractivity contribution in [1.29, 1.82) is 0 Å². The molecule has 0 fully saturated rings. The summed E-state index contributed by atoms with van der Waals surface area (Å²) in [6.07, 6.45) is 11.6. The second-order valence-corrected chi connectivity index (χ2v) is 4.72. The van der Waals surface area contributed by atoms with Gasteiger partial charge in [0.15, 0.2) is 0 Å². The molecule has 86 valence electrons. The van der Waals surface area contributed by atoms with Crippen LogP contribution in [0.4, 0.5) is 0 Å². The second kappa shape index (κ2) is 15.0. The first-order chi connectivity index (χ1) is 6.77. The van der Waals surface area contributed by atoms with Crippen LogP contribution in [0, 0.1) is 5.92 Å². The third-order valence-corrected chi connectivity index (χ3v) is 2.68. The molecule has 0 saturated heterocycles. The third-order valence-electron chi connectivity index (χ3n) is 2.68. The Labute approximate surface area is 118 Å². The van der Waals surface area contributed by atoms with Gasteiger partial charge in [0.05, 0.1) is 0 Å². The minimum Gasteiger partial charge on any atom is -0.854 e. The number of unbranched alkanes of at least 4 members (excludes halogenated alkanes) is 7. The van der Waals surface area contributed by atoms with Crippen molar-refractivity contribution in [3.8, 4) is 0 Å². The largest absolute Gasteiger partial charge is 1.00 e. The van der Waals surface area contributed by atoms with Crippen LogP contribution in [0.15, 0.2) is 0 Å². The Balaban J connectivity index is 0. The predicted molar refractivity (Wildman–Crippen MR) is 61.3 cm³/mol. The normalized spacial score (nSPS) is 10.4. The molecule has 0 unspecified atom stereocenters. The van der Waals surface area contributed by atoms with Crippen molar-refractivity contribution in [2.75, 3.05) is 6.61 Å². The van der Waals surface area contributed by atoms with Crippen molar-refractivity contribution in [2.24, 2.45) is 5.92 Å². The van der Waals surface area contributed by atoms with Gasteiger partial charge in [-0.25, -0.2) is 0 Å². The summed E-state index contributed by atoms with van der Waals surface area (Å²) in [5.41, 5.74) is 0. The smallest absolute Gasteiger partial charge is 0.854 e. The van der Waals surface area contributed by atoms with Crippen molar-refractivity contribution in [3.05, 3.63) is 0 Å². The molecule has 0 rings (SSSR count). The molecule has 0 aromatic heterocycles. The van der Waals surface area contributed by atoms with Gasteiger partial charge in [-0.05, 0) is 5.92 Å². The van der Waals surface area contributed by atoms with Gasteiger partial charge in [-0.1, -0.05) is 71.6 Å². The van der Waals surface area contributed by atoms with Crippen LogP contribution in [0.2, 0.25) is 0 Å². The standard InChI is InChI=1S/C13H27O.Na/c1-13(2)11-9-7-5-3-4-6-8-10-12-14;/h13H,3-12H2,1-2H3;/q-1;+1. The van der Waals surface area contributed by atoms with E-state index in [1.165, 1.54) is 44.9 Å². The van der Waals surface area contributed by atoms with Crippen molar-refractivity contribution < 1.29 is 34.7 Å². The number of hydrogen-bond donors (Lipinski definition) is 0. The third kappa shape index (κ3) is 17.6. The first kappa shape index (κ1) is 18.3. The second-order valence-electron chi connectivity index (χ2n) is 4.72. The molecule has 0 radical (unpaired) electrons. The molecule has 0 aliphatic heterocycles. The van der Waals surface area contributed by atoms with Gasteiger partial charge in [0, 0.05) is 0 Å². The zero-order valence-corrected chi connectivity index (χ0v) is 13.1. The zero-order valence-electron chi connectivity index (χ0n) is 11.1. The fourth-order valence-electron chi connectivity index (χ4n) is 1.72. The summed E-state index contributed by atoms with van der Waals surface area (Å²) in [6, 6.07) is 0. The average molecular weight is 222 g/mol. The molecule has 0 bridgehead atoms. The van der Waals surface area contributed by atoms with Crippen LogP contribution in [-0.4, -0.2) is 6.61 Å². The molecule has 0 N–H and O–H groups in total. The Morgan fingerprint density at radius 1 is 0.733 bits per heavy atom. The van der Waals surface area contributed by atoms with Gasteiger partial charge >= 0.3 is 29.6 Å². The van der Waals surface area contributed by atoms with E-state index in [-0.39, 0.29) is 36.2 Å². The zero-order chi connectivity index (χ0) is 10.6. The van der Waals surface area contributed by atoms with Gasteiger partial charge in [-0.15, -0.1) is 6.61 Å². The molecule has 0 amide bonds. The van der Waals surface area contributed by atoms with E-state index in [1.807, 2.05) is 0 Å². The summed E-state index contributed by atoms with van der Waals surface area (Å²) in [7, 11) is 0. The molecule has 2 heteroatoms. The molecular formula is C13H27NaO. The molecule has 0 heterocycles. The molecule has 0 atom stereocenters. The van der Waals surface area contributed by atoms with Crippen LogP contribution in [-0.2, 0) is 0 Å². The maximum Gasteiger partial charge on any atom is 1.00 e. The fraction of sp³-hybridized carbons (Fsp3) is 1.00. The molecule has 0 spiro atoms. The van der Waals surface area contributed by atoms with Crippen LogP contribution >= 0.6 is 0 Å². The van der Waals surface area contributed by atoms with Crippen LogP contribution < -0.4 is 34.7 Å². The summed E-state index contributed by atoms with van der Waals surface area (Å²) >= 11 is 0. The first-order valence-corrected chi connectivity index (χ1v) is 6.35. The SMILES string of the molecule is CC(C)CCCCCCCCCC[O-].[Na+]. The molecule has 0 aliphatic carbocycles. The molecule has 15 heavy (non-hydrogen) atoms. The van der Waals surface area contributed by atoms with E-state index in [0.717, 1.165) is 18.8 Å². The Kier molecular flexibility index (Phi) is 18.3. The number of hydrogen-bond acceptors (Lipinski definition) is 1. The summed E-state index contributed by atoms with van der Waals surface area (Å²) in [5.74, 6) is 0.868. The Bertz CT molecular complexity index is 105. The fourth-order valence-corrected chi connectivity index (χ4v) is 1.72. The minimum absolute atomic E-state index is 0. The topological polar surface area (TPSA) is 23.1 Å². The van der Waals surface area contributed by atoms with Crippen molar-refractivity contribution in [3.63, 3.8) is 0 Å². The van der Waals surface area contributed by atoms with Gasteiger partial charge in [0.25, 0.3) is 0 Å². The summed E-state index contributed by atoms with van der Waals surface area (Å²) in [4.78, 5) is 0. The van der Waals surface area contributed by atoms with E-state index in [9.17, 15) is 5.11 Å². The quantitative estimate of drug-likeness (QED) is 0.390. The van der Waals surface area contributed by atoms with Gasteiger partial charge in [0.1, 0.15) is 0 Å². The van der Waals surface area contributed by atoms with Crippen molar-refractivity contribution >= 4 is 0 Å². The Hall–Kier alpha value is 0.960. The van der Waals surface area contributed by atoms with Crippen LogP contribution in [0.1, 0.15) is 71.6 Å². The van der Waals surface area contributed by atoms with Crippen molar-refractivity contribution in [1.82, 2.24) is 0 Å². The molecular weight excluding hydrogens is 195 g/mol. The number of rotatable bonds is 10. The first-order valence-electron chi connectivity index (χ1n) is 6.35. The van der Waals surface area contributed by atoms with Gasteiger partial charge in [-0.3, -0.25) is 0 Å². The van der Waals surface area contributed by atoms with E-state index in [4.69, 9.17) is 0 Å². The van der Waals surface area contributed by atoms with Gasteiger partial charge < -0.3 is 5.11 Å². The van der Waals surface area contributed by atoms with E-state index in [0.29, 0.717) is 0 Å². The van der Waals surface area contributed by atoms with Crippen LogP contribution in [0.25, 0.3) is 0 Å². The van der Waals surface area contributed by atoms with Crippen LogP contribution in [0.3, 0.4) is 0 Å². The molecule has 0 aliphatic rings. The van der Waals surface area contributed by atoms with E-state index in [1.54, 1.807) is 0 Å². The van der Waals surface area contributed by atoms with Crippen molar-refractivity contribution in [2.45, 2.75) is 71.6 Å². The summed E-state index contributed by atoms with van der Waals surface area (Å²) in [5, 5.41) is 10.2. The Morgan fingerprint density at radius 3 is 1.53 bits per heavy atom. The monoisotopic (exact) mass is 222 g/mol. The molecule has 0 saturated carbocycles. The molecule has 0 aromatic rings. The maximum absolute atomic E-state index is 10.2. The van der Waals surface area contributed by atoms with E-state index in [2.05, 4.69) is 13.8 Å². The molecule has 0 aromatic carbocycles. The predicted octanol–water partition coefficient (Wildman–Crippen LogP) is 0.518. The summed E-state index contributed by atoms with van der Waals surface area (Å²) in [6.45, 7) is 4.71. The van der Waals surface area contributed by atoms with E-state index < -0.39 is 0 Å². The minimum atomic E-state index is 0. The average Bonchev–Trinajstić information content (AvgIpc) is 2.15. The van der Waals surface area contributed by atoms with Crippen LogP contribution in [0.5, 0.6) is 0 Å². The summed E-state index contributed by atoms with van der Waals surface area (Å²) < 4.78 is 0.